The van der Waals surface area contributed by atoms with Crippen molar-refractivity contribution in [1.29, 1.82) is 0 Å². The third-order valence-electron chi connectivity index (χ3n) is 8.09. The molecule has 0 aromatic heterocycles. The molecule has 10 heteroatoms. The van der Waals surface area contributed by atoms with Crippen molar-refractivity contribution in [1.82, 2.24) is 20.4 Å². The van der Waals surface area contributed by atoms with Crippen molar-refractivity contribution < 1.29 is 19.1 Å². The van der Waals surface area contributed by atoms with Gasteiger partial charge in [0.25, 0.3) is 0 Å². The number of nitrogens with one attached hydrogen (secondary N) is 2. The molecule has 0 radical (unpaired) electrons. The fourth-order valence-electron chi connectivity index (χ4n) is 5.99. The molecule has 2 N–H and O–H groups in total. The van der Waals surface area contributed by atoms with Crippen LogP contribution in [0.3, 0.4) is 0 Å². The molecular weight excluding hydrogens is 508 g/mol. The summed E-state index contributed by atoms with van der Waals surface area (Å²) < 4.78 is 12.1. The van der Waals surface area contributed by atoms with Gasteiger partial charge in [0.1, 0.15) is 11.7 Å². The van der Waals surface area contributed by atoms with E-state index in [0.717, 1.165) is 72.3 Å². The molecule has 10 nitrogen and oxygen atoms in total. The number of nitrogens with zero attached hydrogens (tertiary/aromatic N) is 4. The molecule has 4 aliphatic rings. The van der Waals surface area contributed by atoms with Crippen LogP contribution in [0.5, 0.6) is 0 Å². The molecule has 0 amide bonds. The van der Waals surface area contributed by atoms with E-state index >= 15 is 0 Å². The summed E-state index contributed by atoms with van der Waals surface area (Å²) in [6.07, 6.45) is 2.30. The standard InChI is InChI=1S/C30H34N6O4/c1-29(23-9-5-3-7-21(23)17-35(29)19-25-31-13-14-32-25)39-27(37)11-12-28(38)40-30(2)24-10-6-4-8-22(24)18-36(30)20-26-33-15-16-34-26/h3-12H,13-20H2,1-2H3,(H,31,32)(H,33,34)/b12-11-. The molecule has 208 valence electrons. The maximum atomic E-state index is 13.1. The van der Waals surface area contributed by atoms with Crippen LogP contribution >= 0.6 is 0 Å². The summed E-state index contributed by atoms with van der Waals surface area (Å²) in [6.45, 7) is 9.16. The number of amidine groups is 2. The monoisotopic (exact) mass is 542 g/mol. The SMILES string of the molecule is CC1(OC(=O)/C=C\C(=O)OC2(C)c3ccccc3CN2CC2=NCCN2)c2ccccc2CN1CC1=NCCN1. The normalized spacial score (nSPS) is 25.6. The molecule has 2 aromatic rings. The minimum absolute atomic E-state index is 0.526. The fraction of sp³-hybridized carbons (Fsp3) is 0.400. The van der Waals surface area contributed by atoms with E-state index in [0.29, 0.717) is 26.2 Å². The van der Waals surface area contributed by atoms with Crippen molar-refractivity contribution >= 4 is 23.6 Å². The Labute approximate surface area is 233 Å². The number of carbonyl (C=O) groups excluding carboxylic acids is 2. The van der Waals surface area contributed by atoms with Gasteiger partial charge in [0, 0.05) is 49.5 Å². The Bertz CT molecular complexity index is 1310. The molecule has 4 aliphatic heterocycles. The lowest BCUT2D eigenvalue weighted by Gasteiger charge is -2.35. The highest BCUT2D eigenvalue weighted by Crippen LogP contribution is 2.41. The van der Waals surface area contributed by atoms with Crippen molar-refractivity contribution in [2.75, 3.05) is 39.3 Å². The predicted octanol–water partition coefficient (Wildman–Crippen LogP) is 2.01. The van der Waals surface area contributed by atoms with Crippen LogP contribution in [0.15, 0.2) is 70.7 Å². The van der Waals surface area contributed by atoms with E-state index in [1.807, 2.05) is 62.4 Å². The molecular formula is C30H34N6O4. The second kappa shape index (κ2) is 10.5. The van der Waals surface area contributed by atoms with E-state index in [1.165, 1.54) is 0 Å². The van der Waals surface area contributed by atoms with Gasteiger partial charge in [-0.2, -0.15) is 0 Å². The number of fused-ring (bicyclic) bond motifs is 2. The second-order valence-electron chi connectivity index (χ2n) is 10.7. The summed E-state index contributed by atoms with van der Waals surface area (Å²) in [5.74, 6) is 0.506. The molecule has 40 heavy (non-hydrogen) atoms. The van der Waals surface area contributed by atoms with Crippen LogP contribution in [0.4, 0.5) is 0 Å². The number of esters is 2. The van der Waals surface area contributed by atoms with Crippen molar-refractivity contribution in [3.63, 3.8) is 0 Å². The van der Waals surface area contributed by atoms with Gasteiger partial charge in [0.2, 0.25) is 0 Å². The molecule has 0 bridgehead atoms. The first-order chi connectivity index (χ1) is 19.3. The molecule has 0 saturated heterocycles. The maximum absolute atomic E-state index is 13.1. The van der Waals surface area contributed by atoms with Gasteiger partial charge in [-0.25, -0.2) is 9.59 Å². The Morgan fingerprint density at radius 3 is 1.60 bits per heavy atom. The number of rotatable bonds is 8. The smallest absolute Gasteiger partial charge is 0.333 e. The van der Waals surface area contributed by atoms with Gasteiger partial charge in [-0.05, 0) is 25.0 Å². The van der Waals surface area contributed by atoms with E-state index in [-0.39, 0.29) is 0 Å². The van der Waals surface area contributed by atoms with Crippen molar-refractivity contribution in [2.45, 2.75) is 38.4 Å². The highest BCUT2D eigenvalue weighted by Gasteiger charge is 2.46. The predicted molar refractivity (Wildman–Crippen MR) is 150 cm³/mol. The molecule has 2 aromatic carbocycles. The number of ether oxygens (including phenoxy) is 2. The topological polar surface area (TPSA) is 108 Å². The lowest BCUT2D eigenvalue weighted by molar-refractivity contribution is -0.177. The second-order valence-corrected chi connectivity index (χ2v) is 10.7. The zero-order valence-corrected chi connectivity index (χ0v) is 22.9. The highest BCUT2D eigenvalue weighted by atomic mass is 16.6. The van der Waals surface area contributed by atoms with Crippen molar-refractivity contribution in [3.8, 4) is 0 Å². The number of hydrogen-bond donors (Lipinski definition) is 2. The zero-order valence-electron chi connectivity index (χ0n) is 22.9. The van der Waals surface area contributed by atoms with Crippen molar-refractivity contribution in [3.05, 3.63) is 82.9 Å². The average molecular weight is 543 g/mol. The summed E-state index contributed by atoms with van der Waals surface area (Å²) in [5.41, 5.74) is 2.02. The molecule has 2 atom stereocenters. The third kappa shape index (κ3) is 4.89. The van der Waals surface area contributed by atoms with E-state index < -0.39 is 23.4 Å². The van der Waals surface area contributed by atoms with Gasteiger partial charge in [-0.15, -0.1) is 0 Å². The lowest BCUT2D eigenvalue weighted by Crippen LogP contribution is -2.46. The van der Waals surface area contributed by atoms with Crippen LogP contribution in [-0.2, 0) is 43.6 Å². The van der Waals surface area contributed by atoms with Gasteiger partial charge in [-0.1, -0.05) is 48.5 Å². The Balaban J connectivity index is 1.17. The van der Waals surface area contributed by atoms with Gasteiger partial charge >= 0.3 is 11.9 Å². The van der Waals surface area contributed by atoms with Crippen LogP contribution in [-0.4, -0.2) is 72.7 Å². The molecule has 4 heterocycles. The zero-order chi connectivity index (χ0) is 27.7. The summed E-state index contributed by atoms with van der Waals surface area (Å²) in [5, 5.41) is 6.58. The molecule has 0 spiro atoms. The van der Waals surface area contributed by atoms with Crippen LogP contribution < -0.4 is 10.6 Å². The van der Waals surface area contributed by atoms with E-state index in [1.54, 1.807) is 0 Å². The summed E-state index contributed by atoms with van der Waals surface area (Å²) in [6, 6.07) is 15.9. The Kier molecular flexibility index (Phi) is 6.89. The van der Waals surface area contributed by atoms with E-state index in [2.05, 4.69) is 30.4 Å². The first kappa shape index (κ1) is 26.2. The van der Waals surface area contributed by atoms with Gasteiger partial charge in [0.15, 0.2) is 11.4 Å². The van der Waals surface area contributed by atoms with Crippen LogP contribution in [0.25, 0.3) is 0 Å². The fourth-order valence-corrected chi connectivity index (χ4v) is 5.99. The molecule has 0 aliphatic carbocycles. The largest absolute Gasteiger partial charge is 0.436 e. The van der Waals surface area contributed by atoms with E-state index in [4.69, 9.17) is 9.47 Å². The van der Waals surface area contributed by atoms with Gasteiger partial charge < -0.3 is 20.1 Å². The average Bonchev–Trinajstić information content (AvgIpc) is 3.74. The van der Waals surface area contributed by atoms with Crippen LogP contribution in [0.2, 0.25) is 0 Å². The number of benzene rings is 2. The number of carbonyl (C=O) groups is 2. The first-order valence-electron chi connectivity index (χ1n) is 13.7. The lowest BCUT2D eigenvalue weighted by atomic mass is 10.0. The molecule has 2 unspecified atom stereocenters. The van der Waals surface area contributed by atoms with Gasteiger partial charge in [-0.3, -0.25) is 19.8 Å². The first-order valence-corrected chi connectivity index (χ1v) is 13.7. The third-order valence-corrected chi connectivity index (χ3v) is 8.09. The molecule has 6 rings (SSSR count). The molecule has 0 saturated carbocycles. The van der Waals surface area contributed by atoms with Gasteiger partial charge in [0.05, 0.1) is 26.2 Å². The van der Waals surface area contributed by atoms with Crippen LogP contribution in [0, 0.1) is 0 Å². The van der Waals surface area contributed by atoms with E-state index in [9.17, 15) is 9.59 Å². The van der Waals surface area contributed by atoms with Crippen LogP contribution in [0.1, 0.15) is 36.1 Å². The maximum Gasteiger partial charge on any atom is 0.333 e. The quantitative estimate of drug-likeness (QED) is 0.385. The molecule has 0 fully saturated rings. The summed E-state index contributed by atoms with van der Waals surface area (Å²) in [7, 11) is 0. The minimum Gasteiger partial charge on any atom is -0.436 e. The van der Waals surface area contributed by atoms with Crippen molar-refractivity contribution in [2.24, 2.45) is 9.98 Å². The number of aliphatic imine (C=N–C) groups is 2. The summed E-state index contributed by atoms with van der Waals surface area (Å²) >= 11 is 0. The Morgan fingerprint density at radius 2 is 1.20 bits per heavy atom. The summed E-state index contributed by atoms with van der Waals surface area (Å²) in [4.78, 5) is 39.3. The highest BCUT2D eigenvalue weighted by molar-refractivity contribution is 5.92. The Hall–Kier alpha value is -4.02. The number of hydrogen-bond acceptors (Lipinski definition) is 10. The Morgan fingerprint density at radius 1 is 0.775 bits per heavy atom. The minimum atomic E-state index is -1.00.